The zero-order chi connectivity index (χ0) is 13.4. The van der Waals surface area contributed by atoms with E-state index in [1.54, 1.807) is 0 Å². The minimum atomic E-state index is -0.0332. The van der Waals surface area contributed by atoms with Gasteiger partial charge in [-0.1, -0.05) is 18.5 Å². The fourth-order valence-electron chi connectivity index (χ4n) is 2.83. The molecule has 2 atom stereocenters. The molecule has 0 amide bonds. The van der Waals surface area contributed by atoms with Gasteiger partial charge in [-0.3, -0.25) is 4.90 Å². The van der Waals surface area contributed by atoms with Crippen LogP contribution in [0.3, 0.4) is 0 Å². The normalized spacial score (nSPS) is 27.5. The van der Waals surface area contributed by atoms with E-state index in [1.165, 1.54) is 19.4 Å². The van der Waals surface area contributed by atoms with Gasteiger partial charge >= 0.3 is 0 Å². The number of aromatic nitrogens is 2. The number of ether oxygens (including phenoxy) is 1. The number of morpholine rings is 1. The first kappa shape index (κ1) is 14.0. The van der Waals surface area contributed by atoms with E-state index in [-0.39, 0.29) is 6.10 Å². The zero-order valence-electron chi connectivity index (χ0n) is 10.9. The Morgan fingerprint density at radius 3 is 3.11 bits per heavy atom. The fraction of sp³-hybridized carbons (Fsp3) is 0.692. The van der Waals surface area contributed by atoms with Gasteiger partial charge in [0, 0.05) is 12.6 Å². The van der Waals surface area contributed by atoms with E-state index in [1.807, 2.05) is 0 Å². The highest BCUT2D eigenvalue weighted by Gasteiger charge is 2.34. The monoisotopic (exact) mass is 393 g/mol. The Morgan fingerprint density at radius 1 is 1.47 bits per heavy atom. The van der Waals surface area contributed by atoms with Crippen LogP contribution >= 0.6 is 34.2 Å². The Bertz CT molecular complexity index is 485. The van der Waals surface area contributed by atoms with Gasteiger partial charge in [0.2, 0.25) is 0 Å². The second-order valence-electron chi connectivity index (χ2n) is 5.10. The SMILES string of the molecule is CCc1nc(C2CN3CCCC3CO2)nc(Cl)c1I. The van der Waals surface area contributed by atoms with Crippen molar-refractivity contribution in [2.45, 2.75) is 38.3 Å². The van der Waals surface area contributed by atoms with Crippen molar-refractivity contribution in [3.05, 3.63) is 20.2 Å². The van der Waals surface area contributed by atoms with E-state index in [4.69, 9.17) is 16.3 Å². The lowest BCUT2D eigenvalue weighted by Gasteiger charge is -2.34. The molecule has 0 saturated carbocycles. The summed E-state index contributed by atoms with van der Waals surface area (Å²) in [6, 6.07) is 0.598. The lowest BCUT2D eigenvalue weighted by molar-refractivity contribution is -0.0542. The average Bonchev–Trinajstić information content (AvgIpc) is 2.89. The fourth-order valence-corrected chi connectivity index (χ4v) is 3.65. The Kier molecular flexibility index (Phi) is 4.26. The van der Waals surface area contributed by atoms with Crippen LogP contribution in [0.5, 0.6) is 0 Å². The third kappa shape index (κ3) is 2.75. The van der Waals surface area contributed by atoms with Crippen LogP contribution < -0.4 is 0 Å². The summed E-state index contributed by atoms with van der Waals surface area (Å²) >= 11 is 8.41. The van der Waals surface area contributed by atoms with E-state index >= 15 is 0 Å². The summed E-state index contributed by atoms with van der Waals surface area (Å²) in [5.41, 5.74) is 1.02. The second kappa shape index (κ2) is 5.79. The molecule has 0 N–H and O–H groups in total. The number of aryl methyl sites for hydroxylation is 1. The van der Waals surface area contributed by atoms with Gasteiger partial charge in [0.1, 0.15) is 11.3 Å². The predicted molar refractivity (Wildman–Crippen MR) is 82.4 cm³/mol. The number of nitrogens with zero attached hydrogens (tertiary/aromatic N) is 3. The Balaban J connectivity index is 1.84. The van der Waals surface area contributed by atoms with Crippen LogP contribution in [0.15, 0.2) is 0 Å². The number of fused-ring (bicyclic) bond motifs is 1. The molecule has 3 rings (SSSR count). The molecule has 104 valence electrons. The van der Waals surface area contributed by atoms with Crippen LogP contribution in [0.2, 0.25) is 5.15 Å². The molecule has 2 aliphatic rings. The molecule has 2 fully saturated rings. The Morgan fingerprint density at radius 2 is 2.32 bits per heavy atom. The van der Waals surface area contributed by atoms with Crippen LogP contribution in [-0.4, -0.2) is 40.6 Å². The summed E-state index contributed by atoms with van der Waals surface area (Å²) in [7, 11) is 0. The van der Waals surface area contributed by atoms with Crippen molar-refractivity contribution in [2.75, 3.05) is 19.7 Å². The van der Waals surface area contributed by atoms with Crippen molar-refractivity contribution in [3.8, 4) is 0 Å². The molecule has 0 bridgehead atoms. The van der Waals surface area contributed by atoms with Crippen molar-refractivity contribution in [1.29, 1.82) is 0 Å². The molecule has 19 heavy (non-hydrogen) atoms. The minimum absolute atomic E-state index is 0.0332. The van der Waals surface area contributed by atoms with Crippen molar-refractivity contribution >= 4 is 34.2 Å². The molecule has 1 aromatic rings. The summed E-state index contributed by atoms with van der Waals surface area (Å²) in [5, 5.41) is 0.551. The zero-order valence-corrected chi connectivity index (χ0v) is 13.8. The Labute approximate surface area is 132 Å². The molecule has 4 nitrogen and oxygen atoms in total. The van der Waals surface area contributed by atoms with Gasteiger partial charge in [-0.05, 0) is 48.4 Å². The van der Waals surface area contributed by atoms with Crippen LogP contribution in [-0.2, 0) is 11.2 Å². The van der Waals surface area contributed by atoms with Crippen LogP contribution in [0.25, 0.3) is 0 Å². The molecule has 2 saturated heterocycles. The number of rotatable bonds is 2. The smallest absolute Gasteiger partial charge is 0.160 e. The van der Waals surface area contributed by atoms with Crippen LogP contribution in [0.1, 0.15) is 37.4 Å². The first-order valence-corrected chi connectivity index (χ1v) is 8.22. The molecule has 1 aromatic heterocycles. The maximum Gasteiger partial charge on any atom is 0.160 e. The van der Waals surface area contributed by atoms with Crippen molar-refractivity contribution in [2.24, 2.45) is 0 Å². The summed E-state index contributed by atoms with van der Waals surface area (Å²) in [6.45, 7) is 4.94. The first-order chi connectivity index (χ1) is 9.19. The van der Waals surface area contributed by atoms with Gasteiger partial charge < -0.3 is 4.74 Å². The molecule has 0 aromatic carbocycles. The number of hydrogen-bond donors (Lipinski definition) is 0. The summed E-state index contributed by atoms with van der Waals surface area (Å²) in [6.07, 6.45) is 3.36. The molecule has 2 aliphatic heterocycles. The highest BCUT2D eigenvalue weighted by atomic mass is 127. The average molecular weight is 394 g/mol. The Hall–Kier alpha value is 0.0200. The third-order valence-corrected chi connectivity index (χ3v) is 5.63. The maximum absolute atomic E-state index is 6.20. The lowest BCUT2D eigenvalue weighted by Crippen LogP contribution is -2.43. The second-order valence-corrected chi connectivity index (χ2v) is 6.54. The van der Waals surface area contributed by atoms with Crippen molar-refractivity contribution in [1.82, 2.24) is 14.9 Å². The predicted octanol–water partition coefficient (Wildman–Crippen LogP) is 2.83. The van der Waals surface area contributed by atoms with Gasteiger partial charge in [0.05, 0.1) is 15.9 Å². The first-order valence-electron chi connectivity index (χ1n) is 6.76. The molecule has 0 radical (unpaired) electrons. The quantitative estimate of drug-likeness (QED) is 0.572. The highest BCUT2D eigenvalue weighted by Crippen LogP contribution is 2.30. The van der Waals surface area contributed by atoms with E-state index in [0.717, 1.165) is 34.7 Å². The largest absolute Gasteiger partial charge is 0.367 e. The van der Waals surface area contributed by atoms with Gasteiger partial charge in [-0.25, -0.2) is 9.97 Å². The van der Waals surface area contributed by atoms with E-state index in [0.29, 0.717) is 11.2 Å². The molecule has 3 heterocycles. The lowest BCUT2D eigenvalue weighted by atomic mass is 10.2. The van der Waals surface area contributed by atoms with Crippen molar-refractivity contribution in [3.63, 3.8) is 0 Å². The molecule has 6 heteroatoms. The van der Waals surface area contributed by atoms with E-state index in [2.05, 4.69) is 44.4 Å². The van der Waals surface area contributed by atoms with Crippen molar-refractivity contribution < 1.29 is 4.74 Å². The van der Waals surface area contributed by atoms with Gasteiger partial charge in [-0.15, -0.1) is 0 Å². The van der Waals surface area contributed by atoms with Gasteiger partial charge in [0.25, 0.3) is 0 Å². The van der Waals surface area contributed by atoms with E-state index < -0.39 is 0 Å². The third-order valence-electron chi connectivity index (χ3n) is 3.91. The van der Waals surface area contributed by atoms with Gasteiger partial charge in [0.15, 0.2) is 5.82 Å². The topological polar surface area (TPSA) is 38.2 Å². The standard InChI is InChI=1S/C13H17ClIN3O/c1-2-9-11(15)12(14)17-13(16-9)10-6-18-5-3-4-8(18)7-19-10/h8,10H,2-7H2,1H3. The summed E-state index contributed by atoms with van der Waals surface area (Å²) < 4.78 is 6.90. The number of hydrogen-bond acceptors (Lipinski definition) is 4. The number of halogens is 2. The van der Waals surface area contributed by atoms with E-state index in [9.17, 15) is 0 Å². The van der Waals surface area contributed by atoms with Crippen LogP contribution in [0.4, 0.5) is 0 Å². The highest BCUT2D eigenvalue weighted by molar-refractivity contribution is 14.1. The molecule has 0 spiro atoms. The summed E-state index contributed by atoms with van der Waals surface area (Å²) in [5.74, 6) is 0.743. The molecular weight excluding hydrogens is 377 g/mol. The maximum atomic E-state index is 6.20. The van der Waals surface area contributed by atoms with Gasteiger partial charge in [-0.2, -0.15) is 0 Å². The summed E-state index contributed by atoms with van der Waals surface area (Å²) in [4.78, 5) is 11.5. The molecular formula is C13H17ClIN3O. The minimum Gasteiger partial charge on any atom is -0.367 e. The molecule has 0 aliphatic carbocycles. The van der Waals surface area contributed by atoms with Crippen LogP contribution in [0, 0.1) is 3.57 Å². The molecule has 2 unspecified atom stereocenters.